The molecule has 4 aromatic rings. The number of hydrogen-bond acceptors (Lipinski definition) is 1. The first-order valence-corrected chi connectivity index (χ1v) is 10.8. The van der Waals surface area contributed by atoms with Crippen LogP contribution in [0.25, 0.3) is 21.9 Å². The van der Waals surface area contributed by atoms with Gasteiger partial charge in [-0.2, -0.15) is 4.39 Å². The van der Waals surface area contributed by atoms with Crippen LogP contribution in [0.4, 0.5) is 8.78 Å². The third-order valence-corrected chi connectivity index (χ3v) is 5.54. The Hall–Kier alpha value is -3.64. The monoisotopic (exact) mass is 426 g/mol. The molecule has 0 atom stereocenters. The second kappa shape index (κ2) is 9.66. The molecular weight excluding hydrogens is 402 g/mol. The SMILES string of the molecule is CCCCc1ccc(C#Cc2ccc3cc(-c4ccc(OC)c(F)c4F)ccc3c2)cc1. The first-order chi connectivity index (χ1) is 15.6. The van der Waals surface area contributed by atoms with Crippen LogP contribution in [0.15, 0.2) is 72.8 Å². The molecule has 0 saturated carbocycles. The van der Waals surface area contributed by atoms with Gasteiger partial charge in [0, 0.05) is 16.7 Å². The molecule has 0 heterocycles. The molecule has 4 rings (SSSR count). The van der Waals surface area contributed by atoms with E-state index in [1.807, 2.05) is 30.3 Å². The molecule has 0 radical (unpaired) electrons. The Morgan fingerprint density at radius 1 is 0.750 bits per heavy atom. The van der Waals surface area contributed by atoms with Crippen LogP contribution >= 0.6 is 0 Å². The number of hydrogen-bond donors (Lipinski definition) is 0. The predicted octanol–water partition coefficient (Wildman–Crippen LogP) is 7.54. The summed E-state index contributed by atoms with van der Waals surface area (Å²) in [6.45, 7) is 2.20. The Kier molecular flexibility index (Phi) is 6.52. The van der Waals surface area contributed by atoms with Crippen molar-refractivity contribution in [1.29, 1.82) is 0 Å². The fourth-order valence-corrected chi connectivity index (χ4v) is 3.68. The first-order valence-electron chi connectivity index (χ1n) is 10.8. The van der Waals surface area contributed by atoms with E-state index in [0.717, 1.165) is 28.3 Å². The van der Waals surface area contributed by atoms with Crippen molar-refractivity contribution in [2.24, 2.45) is 0 Å². The van der Waals surface area contributed by atoms with Gasteiger partial charge >= 0.3 is 0 Å². The number of methoxy groups -OCH3 is 1. The van der Waals surface area contributed by atoms with Crippen LogP contribution in [-0.4, -0.2) is 7.11 Å². The Morgan fingerprint density at radius 3 is 2.19 bits per heavy atom. The van der Waals surface area contributed by atoms with Crippen molar-refractivity contribution in [3.05, 3.63) is 101 Å². The highest BCUT2D eigenvalue weighted by Crippen LogP contribution is 2.31. The van der Waals surface area contributed by atoms with E-state index >= 15 is 0 Å². The normalized spacial score (nSPS) is 10.6. The van der Waals surface area contributed by atoms with Gasteiger partial charge in [0.05, 0.1) is 7.11 Å². The molecule has 32 heavy (non-hydrogen) atoms. The third kappa shape index (κ3) is 4.65. The summed E-state index contributed by atoms with van der Waals surface area (Å²) >= 11 is 0. The molecule has 0 aromatic heterocycles. The maximum absolute atomic E-state index is 14.5. The van der Waals surface area contributed by atoms with E-state index in [4.69, 9.17) is 4.74 Å². The lowest BCUT2D eigenvalue weighted by atomic mass is 9.99. The van der Waals surface area contributed by atoms with Gasteiger partial charge in [0.15, 0.2) is 11.6 Å². The van der Waals surface area contributed by atoms with E-state index in [1.165, 1.54) is 37.6 Å². The van der Waals surface area contributed by atoms with E-state index in [-0.39, 0.29) is 11.3 Å². The van der Waals surface area contributed by atoms with E-state index in [2.05, 4.69) is 43.0 Å². The topological polar surface area (TPSA) is 9.23 Å². The van der Waals surface area contributed by atoms with Gasteiger partial charge in [0.2, 0.25) is 5.82 Å². The molecule has 0 aliphatic carbocycles. The molecule has 0 bridgehead atoms. The molecule has 0 amide bonds. The standard InChI is InChI=1S/C29H24F2O/c1-3-4-5-20-6-8-21(9-7-20)10-11-22-12-13-24-19-25(15-14-23(24)18-22)26-16-17-27(32-2)29(31)28(26)30/h6-9,12-19H,3-5H2,1-2H3. The van der Waals surface area contributed by atoms with Gasteiger partial charge < -0.3 is 4.74 Å². The van der Waals surface area contributed by atoms with Crippen molar-refractivity contribution in [3.8, 4) is 28.7 Å². The predicted molar refractivity (Wildman–Crippen MR) is 127 cm³/mol. The van der Waals surface area contributed by atoms with Crippen LogP contribution in [0.3, 0.4) is 0 Å². The summed E-state index contributed by atoms with van der Waals surface area (Å²) < 4.78 is 33.4. The average Bonchev–Trinajstić information content (AvgIpc) is 2.83. The molecule has 0 N–H and O–H groups in total. The second-order valence-electron chi connectivity index (χ2n) is 7.77. The Bertz CT molecular complexity index is 1310. The molecule has 0 spiro atoms. The van der Waals surface area contributed by atoms with Crippen LogP contribution in [0.2, 0.25) is 0 Å². The highest BCUT2D eigenvalue weighted by Gasteiger charge is 2.15. The molecule has 3 heteroatoms. The number of rotatable bonds is 5. The Labute approximate surface area is 187 Å². The van der Waals surface area contributed by atoms with Crippen LogP contribution in [0, 0.1) is 23.5 Å². The average molecular weight is 427 g/mol. The first kappa shape index (κ1) is 21.6. The van der Waals surface area contributed by atoms with Crippen molar-refractivity contribution in [3.63, 3.8) is 0 Å². The summed E-state index contributed by atoms with van der Waals surface area (Å²) in [6.07, 6.45) is 3.49. The summed E-state index contributed by atoms with van der Waals surface area (Å²) in [6, 6.07) is 22.8. The summed E-state index contributed by atoms with van der Waals surface area (Å²) in [4.78, 5) is 0. The molecule has 1 nitrogen and oxygen atoms in total. The lowest BCUT2D eigenvalue weighted by Crippen LogP contribution is -1.95. The van der Waals surface area contributed by atoms with Crippen LogP contribution < -0.4 is 4.74 Å². The van der Waals surface area contributed by atoms with Crippen molar-refractivity contribution < 1.29 is 13.5 Å². The van der Waals surface area contributed by atoms with Crippen molar-refractivity contribution in [1.82, 2.24) is 0 Å². The number of aryl methyl sites for hydroxylation is 1. The van der Waals surface area contributed by atoms with Crippen molar-refractivity contribution in [2.75, 3.05) is 7.11 Å². The zero-order valence-electron chi connectivity index (χ0n) is 18.2. The number of fused-ring (bicyclic) bond motifs is 1. The number of unbranched alkanes of at least 4 members (excludes halogenated alkanes) is 1. The molecular formula is C29H24F2O. The largest absolute Gasteiger partial charge is 0.494 e. The van der Waals surface area contributed by atoms with Gasteiger partial charge in [-0.25, -0.2) is 4.39 Å². The maximum Gasteiger partial charge on any atom is 0.201 e. The maximum atomic E-state index is 14.5. The molecule has 0 aliphatic rings. The summed E-state index contributed by atoms with van der Waals surface area (Å²) in [7, 11) is 1.32. The number of halogens is 2. The molecule has 0 unspecified atom stereocenters. The zero-order valence-corrected chi connectivity index (χ0v) is 18.2. The van der Waals surface area contributed by atoms with E-state index in [9.17, 15) is 8.78 Å². The van der Waals surface area contributed by atoms with Gasteiger partial charge in [-0.15, -0.1) is 0 Å². The van der Waals surface area contributed by atoms with Gasteiger partial charge in [0.1, 0.15) is 0 Å². The van der Waals surface area contributed by atoms with E-state index in [0.29, 0.717) is 5.56 Å². The molecule has 0 fully saturated rings. The summed E-state index contributed by atoms with van der Waals surface area (Å²) in [5, 5.41) is 1.92. The highest BCUT2D eigenvalue weighted by molar-refractivity contribution is 5.88. The van der Waals surface area contributed by atoms with Gasteiger partial charge in [-0.1, -0.05) is 55.5 Å². The minimum Gasteiger partial charge on any atom is -0.494 e. The lowest BCUT2D eigenvalue weighted by molar-refractivity contribution is 0.372. The van der Waals surface area contributed by atoms with Gasteiger partial charge in [-0.05, 0) is 77.2 Å². The zero-order chi connectivity index (χ0) is 22.5. The molecule has 4 aromatic carbocycles. The summed E-state index contributed by atoms with van der Waals surface area (Å²) in [5.74, 6) is 4.44. The smallest absolute Gasteiger partial charge is 0.201 e. The molecule has 160 valence electrons. The van der Waals surface area contributed by atoms with Gasteiger partial charge in [-0.3, -0.25) is 0 Å². The fraction of sp³-hybridized carbons (Fsp3) is 0.172. The minimum atomic E-state index is -0.978. The van der Waals surface area contributed by atoms with Crippen LogP contribution in [0.5, 0.6) is 5.75 Å². The van der Waals surface area contributed by atoms with Crippen LogP contribution in [0.1, 0.15) is 36.5 Å². The summed E-state index contributed by atoms with van der Waals surface area (Å²) in [5.41, 5.74) is 4.04. The number of ether oxygens (including phenoxy) is 1. The van der Waals surface area contributed by atoms with E-state index < -0.39 is 11.6 Å². The third-order valence-electron chi connectivity index (χ3n) is 5.54. The second-order valence-corrected chi connectivity index (χ2v) is 7.77. The van der Waals surface area contributed by atoms with Crippen molar-refractivity contribution >= 4 is 10.8 Å². The minimum absolute atomic E-state index is 0.106. The quantitative estimate of drug-likeness (QED) is 0.300. The van der Waals surface area contributed by atoms with E-state index in [1.54, 1.807) is 6.07 Å². The Balaban J connectivity index is 1.58. The van der Waals surface area contributed by atoms with Crippen molar-refractivity contribution in [2.45, 2.75) is 26.2 Å². The highest BCUT2D eigenvalue weighted by atomic mass is 19.2. The number of benzene rings is 4. The molecule has 0 saturated heterocycles. The fourth-order valence-electron chi connectivity index (χ4n) is 3.68. The van der Waals surface area contributed by atoms with Crippen LogP contribution in [-0.2, 0) is 6.42 Å². The molecule has 0 aliphatic heterocycles. The lowest BCUT2D eigenvalue weighted by Gasteiger charge is -2.09. The Morgan fingerprint density at radius 2 is 1.44 bits per heavy atom. The van der Waals surface area contributed by atoms with Gasteiger partial charge in [0.25, 0.3) is 0 Å².